The molecule has 0 unspecified atom stereocenters. The van der Waals surface area contributed by atoms with Gasteiger partial charge in [-0.3, -0.25) is 0 Å². The zero-order valence-corrected chi connectivity index (χ0v) is 11.2. The average Bonchev–Trinajstić information content (AvgIpc) is 2.64. The predicted molar refractivity (Wildman–Crippen MR) is 72.1 cm³/mol. The SMILES string of the molecule is CC.CC.CC1=Cc2scnc2C=CC1. The van der Waals surface area contributed by atoms with Crippen LogP contribution in [-0.4, -0.2) is 4.98 Å². The maximum absolute atomic E-state index is 4.24. The van der Waals surface area contributed by atoms with Crippen LogP contribution in [0.5, 0.6) is 0 Å². The van der Waals surface area contributed by atoms with Gasteiger partial charge in [0.1, 0.15) is 0 Å². The molecule has 0 saturated carbocycles. The minimum Gasteiger partial charge on any atom is -0.245 e. The fourth-order valence-corrected chi connectivity index (χ4v) is 1.93. The highest BCUT2D eigenvalue weighted by Gasteiger charge is 2.02. The second kappa shape index (κ2) is 8.42. The first-order valence-corrected chi connectivity index (χ1v) is 6.51. The minimum absolute atomic E-state index is 1.06. The molecule has 0 aromatic carbocycles. The summed E-state index contributed by atoms with van der Waals surface area (Å²) >= 11 is 1.70. The molecule has 2 rings (SSSR count). The first-order chi connectivity index (χ1) is 7.36. The van der Waals surface area contributed by atoms with Crippen molar-refractivity contribution in [3.05, 3.63) is 27.7 Å². The third-order valence-electron chi connectivity index (χ3n) is 1.72. The topological polar surface area (TPSA) is 12.9 Å². The molecule has 15 heavy (non-hydrogen) atoms. The number of thiazole rings is 1. The smallest absolute Gasteiger partial charge is 0.0808 e. The van der Waals surface area contributed by atoms with E-state index in [-0.39, 0.29) is 0 Å². The summed E-state index contributed by atoms with van der Waals surface area (Å²) in [6.45, 7) is 10.2. The van der Waals surface area contributed by atoms with E-state index in [0.29, 0.717) is 0 Å². The molecular formula is C13H21NS. The maximum Gasteiger partial charge on any atom is 0.0808 e. The van der Waals surface area contributed by atoms with E-state index >= 15 is 0 Å². The molecule has 2 heteroatoms. The maximum atomic E-state index is 4.24. The molecule has 1 heterocycles. The number of aromatic nitrogens is 1. The van der Waals surface area contributed by atoms with Crippen LogP contribution in [0.1, 0.15) is 51.6 Å². The van der Waals surface area contributed by atoms with Crippen LogP contribution in [0.3, 0.4) is 0 Å². The summed E-state index contributed by atoms with van der Waals surface area (Å²) in [5, 5.41) is 0. The van der Waals surface area contributed by atoms with E-state index < -0.39 is 0 Å². The van der Waals surface area contributed by atoms with E-state index in [2.05, 4.69) is 30.1 Å². The van der Waals surface area contributed by atoms with Crippen LogP contribution in [-0.2, 0) is 0 Å². The van der Waals surface area contributed by atoms with E-state index in [1.165, 1.54) is 10.5 Å². The lowest BCUT2D eigenvalue weighted by Gasteiger charge is -1.89. The van der Waals surface area contributed by atoms with Gasteiger partial charge in [0, 0.05) is 0 Å². The minimum atomic E-state index is 1.06. The van der Waals surface area contributed by atoms with Crippen LogP contribution in [0.25, 0.3) is 12.2 Å². The summed E-state index contributed by atoms with van der Waals surface area (Å²) in [5.74, 6) is 0. The van der Waals surface area contributed by atoms with Crippen molar-refractivity contribution >= 4 is 23.5 Å². The third-order valence-corrected chi connectivity index (χ3v) is 2.51. The monoisotopic (exact) mass is 223 g/mol. The second-order valence-corrected chi connectivity index (χ2v) is 3.59. The molecule has 0 spiro atoms. The fourth-order valence-electron chi connectivity index (χ4n) is 1.14. The molecule has 1 aliphatic rings. The molecule has 1 aromatic rings. The number of nitrogens with zero attached hydrogens (tertiary/aromatic N) is 1. The van der Waals surface area contributed by atoms with Gasteiger partial charge in [-0.2, -0.15) is 0 Å². The lowest BCUT2D eigenvalue weighted by atomic mass is 10.2. The Kier molecular flexibility index (Phi) is 7.92. The average molecular weight is 223 g/mol. The van der Waals surface area contributed by atoms with Crippen molar-refractivity contribution in [1.29, 1.82) is 0 Å². The molecule has 0 N–H and O–H groups in total. The van der Waals surface area contributed by atoms with Crippen LogP contribution >= 0.6 is 11.3 Å². The lowest BCUT2D eigenvalue weighted by Crippen LogP contribution is -1.71. The van der Waals surface area contributed by atoms with Gasteiger partial charge in [0.05, 0.1) is 16.1 Å². The summed E-state index contributed by atoms with van der Waals surface area (Å²) in [7, 11) is 0. The van der Waals surface area contributed by atoms with Crippen molar-refractivity contribution < 1.29 is 0 Å². The Labute approximate surface area is 97.6 Å². The van der Waals surface area contributed by atoms with Gasteiger partial charge in [0.2, 0.25) is 0 Å². The van der Waals surface area contributed by atoms with Gasteiger partial charge in [0.15, 0.2) is 0 Å². The van der Waals surface area contributed by atoms with Gasteiger partial charge in [0.25, 0.3) is 0 Å². The third kappa shape index (κ3) is 4.43. The fraction of sp³-hybridized carbons (Fsp3) is 0.462. The van der Waals surface area contributed by atoms with Crippen molar-refractivity contribution in [2.75, 3.05) is 0 Å². The normalized spacial score (nSPS) is 12.2. The molecule has 1 aliphatic carbocycles. The second-order valence-electron chi connectivity index (χ2n) is 2.70. The van der Waals surface area contributed by atoms with Gasteiger partial charge in [-0.15, -0.1) is 11.3 Å². The first kappa shape index (κ1) is 14.1. The van der Waals surface area contributed by atoms with Crippen LogP contribution in [0.4, 0.5) is 0 Å². The Hall–Kier alpha value is -0.890. The predicted octanol–water partition coefficient (Wildman–Crippen LogP) is 5.02. The lowest BCUT2D eigenvalue weighted by molar-refractivity contribution is 1.25. The van der Waals surface area contributed by atoms with Crippen LogP contribution < -0.4 is 0 Å². The number of allylic oxidation sites excluding steroid dienone is 2. The quantitative estimate of drug-likeness (QED) is 0.602. The highest BCUT2D eigenvalue weighted by atomic mass is 32.1. The van der Waals surface area contributed by atoms with Gasteiger partial charge in [-0.05, 0) is 25.5 Å². The Morgan fingerprint density at radius 2 is 1.87 bits per heavy atom. The highest BCUT2D eigenvalue weighted by molar-refractivity contribution is 7.10. The molecule has 0 atom stereocenters. The standard InChI is InChI=1S/C9H9NS.2C2H6/c1-7-3-2-4-8-9(5-7)11-6-10-8;2*1-2/h2,4-6H,3H2,1H3;2*1-2H3. The molecule has 0 bridgehead atoms. The molecule has 0 saturated heterocycles. The van der Waals surface area contributed by atoms with Gasteiger partial charge >= 0.3 is 0 Å². The molecule has 84 valence electrons. The molecule has 0 radical (unpaired) electrons. The Balaban J connectivity index is 0.000000442. The zero-order valence-electron chi connectivity index (χ0n) is 10.4. The first-order valence-electron chi connectivity index (χ1n) is 5.63. The molecule has 0 aliphatic heterocycles. The largest absolute Gasteiger partial charge is 0.245 e. The summed E-state index contributed by atoms with van der Waals surface area (Å²) in [6.07, 6.45) is 7.53. The van der Waals surface area contributed by atoms with Gasteiger partial charge < -0.3 is 0 Å². The van der Waals surface area contributed by atoms with Gasteiger partial charge in [-0.25, -0.2) is 4.98 Å². The number of hydrogen-bond donors (Lipinski definition) is 0. The molecular weight excluding hydrogens is 202 g/mol. The summed E-state index contributed by atoms with van der Waals surface area (Å²) in [4.78, 5) is 5.53. The van der Waals surface area contributed by atoms with E-state index in [4.69, 9.17) is 0 Å². The Bertz CT molecular complexity index is 321. The molecule has 0 fully saturated rings. The summed E-state index contributed by atoms with van der Waals surface area (Å²) in [5.41, 5.74) is 4.42. The highest BCUT2D eigenvalue weighted by Crippen LogP contribution is 2.22. The van der Waals surface area contributed by atoms with Crippen LogP contribution in [0, 0.1) is 0 Å². The molecule has 0 amide bonds. The van der Waals surface area contributed by atoms with Crippen molar-refractivity contribution in [3.8, 4) is 0 Å². The van der Waals surface area contributed by atoms with E-state index in [1.807, 2.05) is 33.2 Å². The zero-order chi connectivity index (χ0) is 11.7. The number of rotatable bonds is 0. The number of hydrogen-bond acceptors (Lipinski definition) is 2. The van der Waals surface area contributed by atoms with Crippen molar-refractivity contribution in [2.24, 2.45) is 0 Å². The van der Waals surface area contributed by atoms with E-state index in [0.717, 1.165) is 12.1 Å². The van der Waals surface area contributed by atoms with E-state index in [1.54, 1.807) is 11.3 Å². The number of fused-ring (bicyclic) bond motifs is 1. The molecule has 1 nitrogen and oxygen atoms in total. The van der Waals surface area contributed by atoms with Gasteiger partial charge in [-0.1, -0.05) is 39.3 Å². The Morgan fingerprint density at radius 1 is 1.20 bits per heavy atom. The van der Waals surface area contributed by atoms with Crippen molar-refractivity contribution in [2.45, 2.75) is 41.0 Å². The summed E-state index contributed by atoms with van der Waals surface area (Å²) < 4.78 is 0. The van der Waals surface area contributed by atoms with E-state index in [9.17, 15) is 0 Å². The van der Waals surface area contributed by atoms with Crippen LogP contribution in [0.2, 0.25) is 0 Å². The summed E-state index contributed by atoms with van der Waals surface area (Å²) in [6, 6.07) is 0. The van der Waals surface area contributed by atoms with Crippen molar-refractivity contribution in [3.63, 3.8) is 0 Å². The Morgan fingerprint density at radius 3 is 2.53 bits per heavy atom. The van der Waals surface area contributed by atoms with Crippen LogP contribution in [0.15, 0.2) is 17.2 Å². The molecule has 1 aromatic heterocycles. The van der Waals surface area contributed by atoms with Crippen molar-refractivity contribution in [1.82, 2.24) is 4.98 Å².